The van der Waals surface area contributed by atoms with Crippen molar-refractivity contribution in [3.05, 3.63) is 88.6 Å². The highest BCUT2D eigenvalue weighted by molar-refractivity contribution is 5.95. The molecule has 4 N–H and O–H groups in total. The smallest absolute Gasteiger partial charge is 0.338 e. The first kappa shape index (κ1) is 24.5. The molecule has 0 aliphatic carbocycles. The second-order valence-corrected chi connectivity index (χ2v) is 9.34. The van der Waals surface area contributed by atoms with Crippen molar-refractivity contribution >= 4 is 17.7 Å². The summed E-state index contributed by atoms with van der Waals surface area (Å²) < 4.78 is 28.0. The number of nitrogens with one attached hydrogen (secondary N) is 2. The topological polar surface area (TPSA) is 130 Å². The van der Waals surface area contributed by atoms with Gasteiger partial charge >= 0.3 is 12.0 Å². The quantitative estimate of drug-likeness (QED) is 0.312. The maximum atomic E-state index is 13.6. The van der Waals surface area contributed by atoms with Crippen molar-refractivity contribution in [1.29, 1.82) is 0 Å². The fourth-order valence-electron chi connectivity index (χ4n) is 4.82. The predicted octanol–water partition coefficient (Wildman–Crippen LogP) is 3.75. The van der Waals surface area contributed by atoms with Gasteiger partial charge in [-0.15, -0.1) is 0 Å². The zero-order valence-electron chi connectivity index (χ0n) is 21.0. The number of fused-ring (bicyclic) bond motifs is 2. The van der Waals surface area contributed by atoms with E-state index in [0.29, 0.717) is 71.6 Å². The molecule has 2 amide bonds. The minimum Gasteiger partial charge on any atom is -0.486 e. The lowest BCUT2D eigenvalue weighted by molar-refractivity contribution is -0.140. The fourth-order valence-corrected chi connectivity index (χ4v) is 4.82. The van der Waals surface area contributed by atoms with Gasteiger partial charge in [0.15, 0.2) is 23.0 Å². The molecule has 10 heteroatoms. The molecule has 3 aliphatic rings. The number of benzene rings is 3. The van der Waals surface area contributed by atoms with Gasteiger partial charge in [-0.1, -0.05) is 24.3 Å². The summed E-state index contributed by atoms with van der Waals surface area (Å²) in [7, 11) is 0. The van der Waals surface area contributed by atoms with Gasteiger partial charge in [0.2, 0.25) is 6.79 Å². The summed E-state index contributed by atoms with van der Waals surface area (Å²) in [6.07, 6.45) is 0.933. The van der Waals surface area contributed by atoms with Crippen LogP contribution in [0.15, 0.2) is 71.9 Å². The van der Waals surface area contributed by atoms with Crippen molar-refractivity contribution < 1.29 is 33.3 Å². The minimum absolute atomic E-state index is 0.0324. The molecule has 0 saturated heterocycles. The third-order valence-corrected chi connectivity index (χ3v) is 6.69. The Morgan fingerprint density at radius 3 is 2.51 bits per heavy atom. The molecule has 3 aromatic rings. The Kier molecular flexibility index (Phi) is 6.58. The van der Waals surface area contributed by atoms with Gasteiger partial charge in [0.05, 0.1) is 11.6 Å². The summed E-state index contributed by atoms with van der Waals surface area (Å²) in [5.41, 5.74) is 9.66. The van der Waals surface area contributed by atoms with E-state index in [-0.39, 0.29) is 13.4 Å². The van der Waals surface area contributed by atoms with Gasteiger partial charge in [0, 0.05) is 11.4 Å². The molecular weight excluding hydrogens is 502 g/mol. The maximum Gasteiger partial charge on any atom is 0.338 e. The fraction of sp³-hybridized carbons (Fsp3) is 0.241. The van der Waals surface area contributed by atoms with Crippen molar-refractivity contribution in [3.8, 4) is 23.0 Å². The van der Waals surface area contributed by atoms with Crippen LogP contribution in [-0.4, -0.2) is 32.0 Å². The summed E-state index contributed by atoms with van der Waals surface area (Å²) >= 11 is 0. The van der Waals surface area contributed by atoms with E-state index in [9.17, 15) is 9.59 Å². The van der Waals surface area contributed by atoms with Crippen LogP contribution < -0.4 is 35.3 Å². The van der Waals surface area contributed by atoms with Gasteiger partial charge in [-0.25, -0.2) is 9.59 Å². The highest BCUT2D eigenvalue weighted by atomic mass is 16.7. The normalized spacial score (nSPS) is 17.3. The zero-order valence-corrected chi connectivity index (χ0v) is 21.0. The van der Waals surface area contributed by atoms with Crippen LogP contribution >= 0.6 is 0 Å². The number of hydrogen-bond acceptors (Lipinski definition) is 8. The number of amides is 2. The van der Waals surface area contributed by atoms with Crippen LogP contribution in [0.2, 0.25) is 0 Å². The number of anilines is 1. The predicted molar refractivity (Wildman–Crippen MR) is 140 cm³/mol. The summed E-state index contributed by atoms with van der Waals surface area (Å²) in [6.45, 7) is 1.10. The van der Waals surface area contributed by atoms with Crippen LogP contribution in [0.4, 0.5) is 10.5 Å². The van der Waals surface area contributed by atoms with E-state index in [4.69, 9.17) is 29.4 Å². The Hall–Kier alpha value is -4.86. The summed E-state index contributed by atoms with van der Waals surface area (Å²) in [6, 6.07) is 17.0. The number of ether oxygens (including phenoxy) is 5. The van der Waals surface area contributed by atoms with Crippen LogP contribution in [-0.2, 0) is 22.6 Å². The van der Waals surface area contributed by atoms with Gasteiger partial charge < -0.3 is 40.1 Å². The SMILES string of the molecule is Nc1cccc(COC(=O)C2=C(CCc3ccc4c(c3)OCO4)NC(=O)NC2c2ccc3c(c2)OCCO3)c1. The molecule has 1 unspecified atom stereocenters. The average molecular weight is 530 g/mol. The standard InChI is InChI=1S/C29H27N3O7/c30-20-3-1-2-18(12-20)15-37-28(33)26-21(7-4-17-5-8-23-24(13-17)39-16-38-23)31-29(34)32-27(26)19-6-9-22-25(14-19)36-11-10-35-22/h1-3,5-6,8-9,12-14,27H,4,7,10-11,15-16,30H2,(H2,31,32,34). The van der Waals surface area contributed by atoms with Gasteiger partial charge in [0.1, 0.15) is 19.8 Å². The monoisotopic (exact) mass is 529 g/mol. The first-order valence-electron chi connectivity index (χ1n) is 12.6. The molecule has 1 atom stereocenters. The summed E-state index contributed by atoms with van der Waals surface area (Å²) in [5, 5.41) is 5.71. The van der Waals surface area contributed by atoms with Crippen LogP contribution in [0, 0.1) is 0 Å². The third kappa shape index (κ3) is 5.26. The zero-order chi connectivity index (χ0) is 26.8. The highest BCUT2D eigenvalue weighted by Crippen LogP contribution is 2.37. The number of urea groups is 1. The lowest BCUT2D eigenvalue weighted by Crippen LogP contribution is -2.46. The molecule has 0 spiro atoms. The van der Waals surface area contributed by atoms with E-state index in [2.05, 4.69) is 10.6 Å². The number of esters is 1. The summed E-state index contributed by atoms with van der Waals surface area (Å²) in [4.78, 5) is 26.4. The largest absolute Gasteiger partial charge is 0.486 e. The van der Waals surface area contributed by atoms with Crippen molar-refractivity contribution in [1.82, 2.24) is 10.6 Å². The second kappa shape index (κ2) is 10.5. The van der Waals surface area contributed by atoms with Crippen molar-refractivity contribution in [2.24, 2.45) is 0 Å². The maximum absolute atomic E-state index is 13.6. The Balaban J connectivity index is 1.31. The van der Waals surface area contributed by atoms with Crippen molar-refractivity contribution in [2.45, 2.75) is 25.5 Å². The lowest BCUT2D eigenvalue weighted by atomic mass is 9.92. The van der Waals surface area contributed by atoms with Crippen molar-refractivity contribution in [2.75, 3.05) is 25.7 Å². The first-order chi connectivity index (χ1) is 19.0. The Morgan fingerprint density at radius 2 is 1.64 bits per heavy atom. The molecule has 3 aliphatic heterocycles. The molecule has 0 aromatic heterocycles. The minimum atomic E-state index is -0.755. The molecule has 6 rings (SSSR count). The van der Waals surface area contributed by atoms with Crippen LogP contribution in [0.5, 0.6) is 23.0 Å². The Morgan fingerprint density at radius 1 is 0.872 bits per heavy atom. The van der Waals surface area contributed by atoms with Gasteiger partial charge in [-0.3, -0.25) is 0 Å². The molecule has 200 valence electrons. The molecule has 3 heterocycles. The molecule has 39 heavy (non-hydrogen) atoms. The number of allylic oxidation sites excluding steroid dienone is 1. The summed E-state index contributed by atoms with van der Waals surface area (Å²) in [5.74, 6) is 1.99. The molecule has 0 fully saturated rings. The number of aryl methyl sites for hydroxylation is 1. The Bertz CT molecular complexity index is 1470. The van der Waals surface area contributed by atoms with Crippen LogP contribution in [0.1, 0.15) is 29.2 Å². The number of nitrogen functional groups attached to an aromatic ring is 1. The number of nitrogens with two attached hydrogens (primary N) is 1. The number of rotatable bonds is 7. The van der Waals surface area contributed by atoms with Gasteiger partial charge in [0.25, 0.3) is 0 Å². The highest BCUT2D eigenvalue weighted by Gasteiger charge is 2.34. The first-order valence-corrected chi connectivity index (χ1v) is 12.6. The number of carbonyl (C=O) groups excluding carboxylic acids is 2. The molecular formula is C29H27N3O7. The van der Waals surface area contributed by atoms with Gasteiger partial charge in [-0.2, -0.15) is 0 Å². The Labute approximate surface area is 224 Å². The molecule has 0 radical (unpaired) electrons. The average Bonchev–Trinajstić information content (AvgIpc) is 3.42. The molecule has 10 nitrogen and oxygen atoms in total. The van der Waals surface area contributed by atoms with E-state index < -0.39 is 18.0 Å². The van der Waals surface area contributed by atoms with E-state index in [0.717, 1.165) is 11.1 Å². The van der Waals surface area contributed by atoms with Crippen LogP contribution in [0.3, 0.4) is 0 Å². The van der Waals surface area contributed by atoms with Gasteiger partial charge in [-0.05, 0) is 65.9 Å². The van der Waals surface area contributed by atoms with Crippen molar-refractivity contribution in [3.63, 3.8) is 0 Å². The molecule has 0 saturated carbocycles. The number of carbonyl (C=O) groups is 2. The van der Waals surface area contributed by atoms with Crippen LogP contribution in [0.25, 0.3) is 0 Å². The van der Waals surface area contributed by atoms with E-state index in [1.54, 1.807) is 30.3 Å². The van der Waals surface area contributed by atoms with E-state index in [1.165, 1.54) is 0 Å². The van der Waals surface area contributed by atoms with E-state index in [1.807, 2.05) is 30.3 Å². The second-order valence-electron chi connectivity index (χ2n) is 9.34. The van der Waals surface area contributed by atoms with E-state index >= 15 is 0 Å². The number of hydrogen-bond donors (Lipinski definition) is 3. The molecule has 0 bridgehead atoms. The third-order valence-electron chi connectivity index (χ3n) is 6.69. The lowest BCUT2D eigenvalue weighted by Gasteiger charge is -2.30. The molecule has 3 aromatic carbocycles.